The first-order chi connectivity index (χ1) is 20.9. The molecule has 0 fully saturated rings. The van der Waals surface area contributed by atoms with Crippen LogP contribution in [0.25, 0.3) is 87.5 Å². The second-order valence-electron chi connectivity index (χ2n) is 11.3. The average Bonchev–Trinajstić information content (AvgIpc) is 3.54. The van der Waals surface area contributed by atoms with Crippen molar-refractivity contribution in [3.05, 3.63) is 146 Å². The predicted octanol–water partition coefficient (Wildman–Crippen LogP) is 10.8. The minimum absolute atomic E-state index is 1.20. The number of aromatic nitrogens is 2. The van der Waals surface area contributed by atoms with Gasteiger partial charge in [0.05, 0.1) is 33.3 Å². The van der Waals surface area contributed by atoms with Crippen LogP contribution in [-0.2, 0) is 0 Å². The van der Waals surface area contributed by atoms with E-state index in [-0.39, 0.29) is 0 Å². The van der Waals surface area contributed by atoms with Gasteiger partial charge in [0.25, 0.3) is 0 Å². The Kier molecular flexibility index (Phi) is 4.21. The van der Waals surface area contributed by atoms with E-state index in [1.165, 1.54) is 87.5 Å². The number of fused-ring (bicyclic) bond motifs is 8. The van der Waals surface area contributed by atoms with Gasteiger partial charge in [-0.3, -0.25) is 0 Å². The largest absolute Gasteiger partial charge is 0.309 e. The summed E-state index contributed by atoms with van der Waals surface area (Å²) in [4.78, 5) is 0. The quantitative estimate of drug-likeness (QED) is 0.209. The maximum Gasteiger partial charge on any atom is 0.0642 e. The molecule has 0 bridgehead atoms. The Hall–Kier alpha value is -5.60. The monoisotopic (exact) mass is 532 g/mol. The number of benzene rings is 7. The van der Waals surface area contributed by atoms with Crippen molar-refractivity contribution < 1.29 is 0 Å². The van der Waals surface area contributed by atoms with Gasteiger partial charge >= 0.3 is 0 Å². The molecule has 0 saturated carbocycles. The molecule has 0 amide bonds. The van der Waals surface area contributed by atoms with Gasteiger partial charge in [0, 0.05) is 32.5 Å². The van der Waals surface area contributed by atoms with E-state index in [1.54, 1.807) is 0 Å². The third kappa shape index (κ3) is 2.69. The maximum absolute atomic E-state index is 2.53. The lowest BCUT2D eigenvalue weighted by Gasteiger charge is -2.14. The fourth-order valence-corrected chi connectivity index (χ4v) is 7.58. The summed E-state index contributed by atoms with van der Waals surface area (Å²) in [5.74, 6) is 0. The summed E-state index contributed by atoms with van der Waals surface area (Å²) in [6, 6.07) is 53.4. The van der Waals surface area contributed by atoms with Crippen molar-refractivity contribution in [2.24, 2.45) is 0 Å². The van der Waals surface area contributed by atoms with Crippen LogP contribution in [0.1, 0.15) is 0 Å². The number of rotatable bonds is 2. The van der Waals surface area contributed by atoms with E-state index >= 15 is 0 Å². The molecule has 2 heteroatoms. The Balaban J connectivity index is 1.51. The van der Waals surface area contributed by atoms with Crippen molar-refractivity contribution in [1.82, 2.24) is 8.97 Å². The molecule has 10 aromatic rings. The molecule has 10 rings (SSSR count). The summed E-state index contributed by atoms with van der Waals surface area (Å²) < 4.78 is 5.02. The van der Waals surface area contributed by atoms with Crippen LogP contribution < -0.4 is 0 Å². The van der Waals surface area contributed by atoms with E-state index in [0.717, 1.165) is 0 Å². The van der Waals surface area contributed by atoms with E-state index in [2.05, 4.69) is 155 Å². The third-order valence-electron chi connectivity index (χ3n) is 9.24. The van der Waals surface area contributed by atoms with Crippen molar-refractivity contribution in [2.45, 2.75) is 0 Å². The Morgan fingerprint density at radius 1 is 0.357 bits per heavy atom. The van der Waals surface area contributed by atoms with Crippen LogP contribution in [0, 0.1) is 0 Å². The predicted molar refractivity (Wildman–Crippen MR) is 178 cm³/mol. The molecular formula is C40H24N2. The highest BCUT2D eigenvalue weighted by Crippen LogP contribution is 2.47. The van der Waals surface area contributed by atoms with Gasteiger partial charge in [-0.2, -0.15) is 0 Å². The summed E-state index contributed by atoms with van der Waals surface area (Å²) in [5.41, 5.74) is 9.89. The lowest BCUT2D eigenvalue weighted by Crippen LogP contribution is -1.97. The molecule has 194 valence electrons. The molecule has 42 heavy (non-hydrogen) atoms. The first-order valence-electron chi connectivity index (χ1n) is 14.5. The molecule has 3 aromatic heterocycles. The van der Waals surface area contributed by atoms with Crippen LogP contribution in [0.3, 0.4) is 0 Å². The average molecular weight is 533 g/mol. The van der Waals surface area contributed by atoms with Crippen LogP contribution >= 0.6 is 0 Å². The standard InChI is InChI=1S/C40H24N2/c1-2-11-25(12-3-1)27-14-6-8-18-32(27)41-34-20-10-17-30-29-16-7-9-19-33(29)42-35-23-21-26-13-4-5-15-28(26)37(35)31-22-24-36(41)39(38(30)34)40(31)42/h1-24H. The first kappa shape index (κ1) is 22.1. The molecule has 0 N–H and O–H groups in total. The fourth-order valence-electron chi connectivity index (χ4n) is 7.58. The molecule has 3 heterocycles. The topological polar surface area (TPSA) is 9.34 Å². The molecule has 0 saturated heterocycles. The van der Waals surface area contributed by atoms with E-state index in [1.807, 2.05) is 0 Å². The highest BCUT2D eigenvalue weighted by molar-refractivity contribution is 6.35. The van der Waals surface area contributed by atoms with Crippen LogP contribution in [0.4, 0.5) is 0 Å². The SMILES string of the molecule is c1ccc(-c2ccccc2-n2c3cccc4c5ccccc5n5c6ccc7ccccc7c6c6ccc2c(c43)c65)cc1. The minimum Gasteiger partial charge on any atom is -0.309 e. The van der Waals surface area contributed by atoms with Crippen molar-refractivity contribution in [3.8, 4) is 16.8 Å². The van der Waals surface area contributed by atoms with Crippen LogP contribution in [-0.4, -0.2) is 8.97 Å². The maximum atomic E-state index is 2.53. The van der Waals surface area contributed by atoms with Crippen LogP contribution in [0.2, 0.25) is 0 Å². The van der Waals surface area contributed by atoms with Crippen molar-refractivity contribution in [2.75, 3.05) is 0 Å². The molecule has 0 aliphatic rings. The number of hydrogen-bond donors (Lipinski definition) is 0. The summed E-state index contributed by atoms with van der Waals surface area (Å²) in [6.45, 7) is 0. The van der Waals surface area contributed by atoms with E-state index in [0.29, 0.717) is 0 Å². The molecule has 7 aromatic carbocycles. The van der Waals surface area contributed by atoms with Gasteiger partial charge in [0.15, 0.2) is 0 Å². The van der Waals surface area contributed by atoms with Crippen LogP contribution in [0.5, 0.6) is 0 Å². The molecule has 0 unspecified atom stereocenters. The van der Waals surface area contributed by atoms with Gasteiger partial charge in [-0.1, -0.05) is 115 Å². The molecule has 0 radical (unpaired) electrons. The molecule has 0 aliphatic carbocycles. The second kappa shape index (κ2) is 7.99. The zero-order chi connectivity index (χ0) is 27.4. The Morgan fingerprint density at radius 3 is 1.98 bits per heavy atom. The minimum atomic E-state index is 1.20. The molecule has 0 aliphatic heterocycles. The Labute approximate surface area is 241 Å². The number of nitrogens with zero attached hydrogens (tertiary/aromatic N) is 2. The van der Waals surface area contributed by atoms with Gasteiger partial charge in [0.2, 0.25) is 0 Å². The highest BCUT2D eigenvalue weighted by atomic mass is 15.0. The van der Waals surface area contributed by atoms with Crippen LogP contribution in [0.15, 0.2) is 146 Å². The number of para-hydroxylation sites is 2. The summed E-state index contributed by atoms with van der Waals surface area (Å²) in [5, 5.41) is 10.4. The molecular weight excluding hydrogens is 508 g/mol. The van der Waals surface area contributed by atoms with Gasteiger partial charge < -0.3 is 8.97 Å². The fraction of sp³-hybridized carbons (Fsp3) is 0. The normalized spacial score (nSPS) is 12.3. The highest BCUT2D eigenvalue weighted by Gasteiger charge is 2.24. The zero-order valence-electron chi connectivity index (χ0n) is 22.8. The summed E-state index contributed by atoms with van der Waals surface area (Å²) >= 11 is 0. The van der Waals surface area contributed by atoms with Crippen molar-refractivity contribution >= 4 is 70.7 Å². The molecule has 2 nitrogen and oxygen atoms in total. The van der Waals surface area contributed by atoms with E-state index in [9.17, 15) is 0 Å². The van der Waals surface area contributed by atoms with Gasteiger partial charge in [-0.25, -0.2) is 0 Å². The molecule has 0 atom stereocenters. The van der Waals surface area contributed by atoms with Gasteiger partial charge in [0.1, 0.15) is 0 Å². The van der Waals surface area contributed by atoms with E-state index < -0.39 is 0 Å². The molecule has 0 spiro atoms. The van der Waals surface area contributed by atoms with E-state index in [4.69, 9.17) is 0 Å². The Morgan fingerprint density at radius 2 is 1.05 bits per heavy atom. The van der Waals surface area contributed by atoms with Gasteiger partial charge in [-0.15, -0.1) is 0 Å². The number of hydrogen-bond acceptors (Lipinski definition) is 0. The first-order valence-corrected chi connectivity index (χ1v) is 14.5. The summed E-state index contributed by atoms with van der Waals surface area (Å²) in [7, 11) is 0. The second-order valence-corrected chi connectivity index (χ2v) is 11.3. The van der Waals surface area contributed by atoms with Crippen molar-refractivity contribution in [3.63, 3.8) is 0 Å². The van der Waals surface area contributed by atoms with Gasteiger partial charge in [-0.05, 0) is 52.1 Å². The lowest BCUT2D eigenvalue weighted by molar-refractivity contribution is 1.18. The summed E-state index contributed by atoms with van der Waals surface area (Å²) in [6.07, 6.45) is 0. The lowest BCUT2D eigenvalue weighted by atomic mass is 10.0. The zero-order valence-corrected chi connectivity index (χ0v) is 22.8. The third-order valence-corrected chi connectivity index (χ3v) is 9.24. The Bertz CT molecular complexity index is 2670. The van der Waals surface area contributed by atoms with Crippen molar-refractivity contribution in [1.29, 1.82) is 0 Å². The smallest absolute Gasteiger partial charge is 0.0642 e.